The van der Waals surface area contributed by atoms with Gasteiger partial charge >= 0.3 is 0 Å². The first kappa shape index (κ1) is 52.1. The molecule has 0 N–H and O–H groups in total. The molecule has 394 valence electrons. The Labute approximate surface area is 470 Å². The van der Waals surface area contributed by atoms with Gasteiger partial charge in [-0.05, 0) is 116 Å². The fourth-order valence-corrected chi connectivity index (χ4v) is 11.2. The van der Waals surface area contributed by atoms with Crippen molar-refractivity contribution in [2.45, 2.75) is 131 Å². The minimum Gasteiger partial charge on any atom is -0.509 e. The molecule has 0 amide bonds. The van der Waals surface area contributed by atoms with Gasteiger partial charge in [-0.3, -0.25) is 0 Å². The van der Waals surface area contributed by atoms with Crippen molar-refractivity contribution in [2.24, 2.45) is 0 Å². The van der Waals surface area contributed by atoms with Crippen molar-refractivity contribution in [3.05, 3.63) is 193 Å². The van der Waals surface area contributed by atoms with Crippen LogP contribution in [0.3, 0.4) is 0 Å². The number of benzene rings is 7. The number of anilines is 4. The number of aryl methyl sites for hydroxylation is 2. The van der Waals surface area contributed by atoms with Gasteiger partial charge in [-0.15, -0.1) is 48.1 Å². The molecule has 0 aliphatic carbocycles. The molecule has 7 aromatic carbocycles. The second kappa shape index (κ2) is 19.2. The second-order valence-electron chi connectivity index (χ2n) is 25.2. The zero-order valence-electron chi connectivity index (χ0n) is 46.7. The van der Waals surface area contributed by atoms with Crippen LogP contribution >= 0.6 is 0 Å². The molecule has 3 aromatic heterocycles. The quantitative estimate of drug-likeness (QED) is 0.149. The molecule has 0 bridgehead atoms. The molecule has 12 rings (SSSR count). The Bertz CT molecular complexity index is 3790. The smallest absolute Gasteiger partial charge is 0.135 e. The van der Waals surface area contributed by atoms with Gasteiger partial charge < -0.3 is 23.7 Å². The van der Waals surface area contributed by atoms with Crippen molar-refractivity contribution in [3.8, 4) is 39.6 Å². The summed E-state index contributed by atoms with van der Waals surface area (Å²) in [5.41, 5.74) is 17.9. The van der Waals surface area contributed by atoms with E-state index in [1.807, 2.05) is 18.3 Å². The van der Waals surface area contributed by atoms with Gasteiger partial charge in [0.05, 0.1) is 11.0 Å². The van der Waals surface area contributed by atoms with Gasteiger partial charge in [0.1, 0.15) is 11.6 Å². The van der Waals surface area contributed by atoms with Gasteiger partial charge in [0.2, 0.25) is 0 Å². The summed E-state index contributed by atoms with van der Waals surface area (Å²) in [6.45, 7) is 30.6. The molecule has 10 aromatic rings. The average Bonchev–Trinajstić information content (AvgIpc) is 4.16. The van der Waals surface area contributed by atoms with Gasteiger partial charge in [-0.25, -0.2) is 9.97 Å². The summed E-state index contributed by atoms with van der Waals surface area (Å²) in [4.78, 5) is 14.9. The molecule has 0 saturated carbocycles. The zero-order chi connectivity index (χ0) is 53.1. The molecule has 2 aliphatic rings. The summed E-state index contributed by atoms with van der Waals surface area (Å²) in [7, 11) is 0. The van der Waals surface area contributed by atoms with E-state index in [0.717, 1.165) is 93.0 Å². The topological polar surface area (TPSA) is 51.4 Å². The maximum absolute atomic E-state index is 6.83. The number of rotatable bonds is 7. The van der Waals surface area contributed by atoms with E-state index in [1.54, 1.807) is 0 Å². The van der Waals surface area contributed by atoms with Crippen LogP contribution in [0.15, 0.2) is 146 Å². The molecule has 0 spiro atoms. The van der Waals surface area contributed by atoms with E-state index in [2.05, 4.69) is 248 Å². The van der Waals surface area contributed by atoms with E-state index in [1.165, 1.54) is 44.5 Å². The number of imidazole rings is 1. The van der Waals surface area contributed by atoms with Gasteiger partial charge in [0.25, 0.3) is 0 Å². The molecule has 77 heavy (non-hydrogen) atoms. The third-order valence-electron chi connectivity index (χ3n) is 15.7. The van der Waals surface area contributed by atoms with E-state index in [0.29, 0.717) is 11.5 Å². The van der Waals surface area contributed by atoms with Gasteiger partial charge in [-0.1, -0.05) is 155 Å². The Morgan fingerprint density at radius 1 is 0.532 bits per heavy atom. The second-order valence-corrected chi connectivity index (χ2v) is 25.2. The monoisotopic (exact) mass is 1190 g/mol. The number of aromatic nitrogens is 4. The SMILES string of the molecule is CC(C)(C)c1ccc(-c2cc(C(C)(C)C)cc(-c3ccc(C(C)(C)C)cc3)c2N2[CH-]N(c3[c-]c(Oc4[c-]c5c(cc4)c4ccccc4n5-c4cc(C(C)(C)C)ccn4)ccc3)c3cc4nc5n(c4cc32)CCCC5)cc1.[Pt]. The average molecular weight is 1190 g/mol. The van der Waals surface area contributed by atoms with Crippen molar-refractivity contribution in [2.75, 3.05) is 9.80 Å². The number of ether oxygens (including phenoxy) is 1. The molecule has 0 radical (unpaired) electrons. The first-order valence-corrected chi connectivity index (χ1v) is 27.2. The maximum atomic E-state index is 6.83. The van der Waals surface area contributed by atoms with E-state index < -0.39 is 0 Å². The largest absolute Gasteiger partial charge is 0.509 e. The number of hydrogen-bond donors (Lipinski definition) is 0. The van der Waals surface area contributed by atoms with Crippen LogP contribution < -0.4 is 14.5 Å². The number of hydrogen-bond acceptors (Lipinski definition) is 5. The standard InChI is InChI=1S/C69H69N6O.Pt/c1-66(2,3)46-27-23-44(24-28-46)55-36-49(69(10,11)12)37-56(45-25-29-47(30-26-45)67(4,5)6)65(55)74-43-73(61-41-57-60(42-62(61)74)72-35-16-15-22-63(72)71-57)50-18-17-19-51(39-50)76-52-31-32-54-53-20-13-14-21-58(53)75(59(54)40-52)64-38-48(33-34-70-64)68(7,8)9;/h13-14,17-21,23-34,36-38,41-43H,15-16,22,35H2,1-12H3;/q-3;. The number of para-hydroxylation sites is 1. The van der Waals surface area contributed by atoms with Gasteiger partial charge in [0, 0.05) is 85.4 Å². The van der Waals surface area contributed by atoms with Crippen molar-refractivity contribution < 1.29 is 25.8 Å². The number of pyridine rings is 1. The van der Waals surface area contributed by atoms with Crippen molar-refractivity contribution >= 4 is 55.6 Å². The summed E-state index contributed by atoms with van der Waals surface area (Å²) in [5, 5.41) is 2.23. The van der Waals surface area contributed by atoms with E-state index >= 15 is 0 Å². The van der Waals surface area contributed by atoms with Crippen molar-refractivity contribution in [1.82, 2.24) is 19.1 Å². The van der Waals surface area contributed by atoms with Crippen LogP contribution in [0, 0.1) is 18.8 Å². The molecule has 7 nitrogen and oxygen atoms in total. The number of fused-ring (bicyclic) bond motifs is 7. The maximum Gasteiger partial charge on any atom is 0.135 e. The van der Waals surface area contributed by atoms with Crippen LogP contribution in [0.1, 0.15) is 124 Å². The minimum absolute atomic E-state index is 0. The summed E-state index contributed by atoms with van der Waals surface area (Å²) >= 11 is 0. The fraction of sp³-hybridized carbons (Fsp3) is 0.290. The van der Waals surface area contributed by atoms with Crippen LogP contribution in [-0.2, 0) is 55.7 Å². The normalized spacial score (nSPS) is 14.1. The van der Waals surface area contributed by atoms with E-state index in [4.69, 9.17) is 14.7 Å². The predicted octanol–water partition coefficient (Wildman–Crippen LogP) is 18.2. The van der Waals surface area contributed by atoms with Crippen LogP contribution in [-0.4, -0.2) is 19.1 Å². The van der Waals surface area contributed by atoms with E-state index in [-0.39, 0.29) is 42.7 Å². The summed E-state index contributed by atoms with van der Waals surface area (Å²) in [6.07, 6.45) is 5.19. The molecule has 0 atom stereocenters. The molecule has 5 heterocycles. The Kier molecular flexibility index (Phi) is 13.0. The fourth-order valence-electron chi connectivity index (χ4n) is 11.2. The third-order valence-corrected chi connectivity index (χ3v) is 15.7. The Hall–Kier alpha value is -6.95. The Morgan fingerprint density at radius 2 is 1.16 bits per heavy atom. The molecule has 0 unspecified atom stereocenters. The molecule has 0 fully saturated rings. The number of nitrogens with zero attached hydrogens (tertiary/aromatic N) is 6. The molecule has 8 heteroatoms. The van der Waals surface area contributed by atoms with Crippen LogP contribution in [0.4, 0.5) is 22.7 Å². The van der Waals surface area contributed by atoms with Crippen LogP contribution in [0.25, 0.3) is 60.9 Å². The minimum atomic E-state index is -0.123. The molecular weight excluding hydrogens is 1120 g/mol. The Morgan fingerprint density at radius 3 is 1.81 bits per heavy atom. The predicted molar refractivity (Wildman–Crippen MR) is 316 cm³/mol. The molecule has 2 aliphatic heterocycles. The van der Waals surface area contributed by atoms with Gasteiger partial charge in [0.15, 0.2) is 0 Å². The summed E-state index contributed by atoms with van der Waals surface area (Å²) < 4.78 is 11.5. The first-order chi connectivity index (χ1) is 36.2. The first-order valence-electron chi connectivity index (χ1n) is 27.2. The van der Waals surface area contributed by atoms with Crippen molar-refractivity contribution in [1.29, 1.82) is 0 Å². The van der Waals surface area contributed by atoms with E-state index in [9.17, 15) is 0 Å². The van der Waals surface area contributed by atoms with Gasteiger partial charge in [-0.2, -0.15) is 12.1 Å². The molecular formula is C69H69N6OPt-3. The third kappa shape index (κ3) is 9.58. The molecule has 0 saturated heterocycles. The summed E-state index contributed by atoms with van der Waals surface area (Å²) in [5.74, 6) is 3.19. The summed E-state index contributed by atoms with van der Waals surface area (Å²) in [6, 6.07) is 58.7. The Balaban J connectivity index is 0.00000631. The van der Waals surface area contributed by atoms with Crippen LogP contribution in [0.2, 0.25) is 0 Å². The van der Waals surface area contributed by atoms with Crippen molar-refractivity contribution in [3.63, 3.8) is 0 Å². The zero-order valence-corrected chi connectivity index (χ0v) is 48.9. The van der Waals surface area contributed by atoms with Crippen LogP contribution in [0.5, 0.6) is 11.5 Å².